The molecule has 2 heterocycles. The molecular weight excluding hydrogens is 507 g/mol. The second-order valence-corrected chi connectivity index (χ2v) is 9.93. The van der Waals surface area contributed by atoms with Crippen LogP contribution in [0.2, 0.25) is 10.0 Å². The molecule has 0 saturated carbocycles. The van der Waals surface area contributed by atoms with E-state index in [-0.39, 0.29) is 24.8 Å². The van der Waals surface area contributed by atoms with Crippen LogP contribution in [0.5, 0.6) is 17.2 Å². The van der Waals surface area contributed by atoms with E-state index in [0.717, 1.165) is 17.7 Å². The van der Waals surface area contributed by atoms with Crippen LogP contribution >= 0.6 is 35.0 Å². The lowest BCUT2D eigenvalue weighted by molar-refractivity contribution is -0.116. The van der Waals surface area contributed by atoms with Crippen LogP contribution in [0.15, 0.2) is 59.5 Å². The number of fused-ring (bicyclic) bond motifs is 1. The minimum atomic E-state index is -0.267. The topological polar surface area (TPSA) is 68.8 Å². The Morgan fingerprint density at radius 1 is 1.06 bits per heavy atom. The highest BCUT2D eigenvalue weighted by Crippen LogP contribution is 2.38. The Morgan fingerprint density at radius 3 is 2.51 bits per heavy atom. The Balaban J connectivity index is 1.25. The molecule has 0 aromatic heterocycles. The zero-order valence-corrected chi connectivity index (χ0v) is 21.1. The van der Waals surface area contributed by atoms with Crippen molar-refractivity contribution in [2.75, 3.05) is 12.1 Å². The van der Waals surface area contributed by atoms with Crippen molar-refractivity contribution in [3.8, 4) is 17.2 Å². The van der Waals surface area contributed by atoms with Crippen LogP contribution in [0, 0.1) is 0 Å². The Hall–Kier alpha value is -3.00. The summed E-state index contributed by atoms with van der Waals surface area (Å²) in [5, 5.41) is 6.97. The van der Waals surface area contributed by atoms with E-state index in [1.54, 1.807) is 18.2 Å². The molecule has 9 heteroatoms. The Morgan fingerprint density at radius 2 is 1.77 bits per heavy atom. The van der Waals surface area contributed by atoms with Gasteiger partial charge in [0.1, 0.15) is 6.61 Å². The highest BCUT2D eigenvalue weighted by molar-refractivity contribution is 8.05. The average Bonchev–Trinajstić information content (AvgIpc) is 3.44. The number of nitrogens with one attached hydrogen (secondary N) is 2. The van der Waals surface area contributed by atoms with Crippen molar-refractivity contribution in [2.45, 2.75) is 25.4 Å². The van der Waals surface area contributed by atoms with Gasteiger partial charge in [-0.15, -0.1) is 0 Å². The van der Waals surface area contributed by atoms with E-state index in [9.17, 15) is 4.79 Å². The van der Waals surface area contributed by atoms with E-state index >= 15 is 0 Å². The minimum absolute atomic E-state index is 0.159. The van der Waals surface area contributed by atoms with Gasteiger partial charge in [0, 0.05) is 5.69 Å². The third-order valence-corrected chi connectivity index (χ3v) is 7.12. The first-order chi connectivity index (χ1) is 17.0. The van der Waals surface area contributed by atoms with Gasteiger partial charge in [-0.2, -0.15) is 0 Å². The molecule has 1 amide bonds. The van der Waals surface area contributed by atoms with Gasteiger partial charge < -0.3 is 24.8 Å². The van der Waals surface area contributed by atoms with Crippen molar-refractivity contribution < 1.29 is 19.0 Å². The van der Waals surface area contributed by atoms with Crippen LogP contribution in [-0.2, 0) is 17.8 Å². The summed E-state index contributed by atoms with van der Waals surface area (Å²) in [5.74, 6) is 1.62. The maximum absolute atomic E-state index is 12.5. The van der Waals surface area contributed by atoms with Crippen LogP contribution < -0.4 is 24.8 Å². The van der Waals surface area contributed by atoms with Gasteiger partial charge >= 0.3 is 0 Å². The summed E-state index contributed by atoms with van der Waals surface area (Å²) < 4.78 is 16.6. The molecule has 0 bridgehead atoms. The molecule has 0 spiro atoms. The molecule has 2 aliphatic rings. The normalized spacial score (nSPS) is 17.5. The molecular formula is C26H22Cl2N2O4S. The lowest BCUT2D eigenvalue weighted by Crippen LogP contribution is -2.30. The second kappa shape index (κ2) is 10.3. The van der Waals surface area contributed by atoms with E-state index in [0.29, 0.717) is 37.8 Å². The van der Waals surface area contributed by atoms with Crippen LogP contribution in [0.4, 0.5) is 5.69 Å². The molecule has 0 radical (unpaired) electrons. The van der Waals surface area contributed by atoms with Gasteiger partial charge in [0.15, 0.2) is 22.7 Å². The molecule has 2 aliphatic heterocycles. The first-order valence-electron chi connectivity index (χ1n) is 11.0. The summed E-state index contributed by atoms with van der Waals surface area (Å²) in [5.41, 5.74) is 3.54. The number of halogens is 2. The van der Waals surface area contributed by atoms with Crippen molar-refractivity contribution >= 4 is 52.6 Å². The van der Waals surface area contributed by atoms with Gasteiger partial charge in [0.25, 0.3) is 5.91 Å². The van der Waals surface area contributed by atoms with Crippen LogP contribution in [0.25, 0.3) is 6.08 Å². The number of anilines is 1. The molecule has 0 unspecified atom stereocenters. The van der Waals surface area contributed by atoms with Gasteiger partial charge in [0.2, 0.25) is 6.79 Å². The van der Waals surface area contributed by atoms with E-state index in [2.05, 4.69) is 29.7 Å². The Kier molecular flexibility index (Phi) is 7.00. The minimum Gasteiger partial charge on any atom is -0.486 e. The summed E-state index contributed by atoms with van der Waals surface area (Å²) in [6.07, 6.45) is 2.75. The molecule has 2 N–H and O–H groups in total. The third kappa shape index (κ3) is 5.48. The SMILES string of the molecule is CCc1ccc(N[C@@H]2NC(=O)/C(=C/c3cc(Cl)c(OCc4ccc5c(c4)OCO5)c(Cl)c3)S2)cc1. The van der Waals surface area contributed by atoms with Gasteiger partial charge in [0.05, 0.1) is 15.0 Å². The molecule has 0 aliphatic carbocycles. The Labute approximate surface area is 217 Å². The third-order valence-electron chi connectivity index (χ3n) is 5.53. The maximum Gasteiger partial charge on any atom is 0.260 e. The molecule has 1 atom stereocenters. The number of ether oxygens (including phenoxy) is 3. The summed E-state index contributed by atoms with van der Waals surface area (Å²) in [6.45, 7) is 2.60. The van der Waals surface area contributed by atoms with Crippen LogP contribution in [-0.4, -0.2) is 18.2 Å². The molecule has 3 aromatic carbocycles. The number of rotatable bonds is 7. The maximum atomic E-state index is 12.5. The molecule has 3 aromatic rings. The highest BCUT2D eigenvalue weighted by Gasteiger charge is 2.27. The number of amides is 1. The van der Waals surface area contributed by atoms with E-state index < -0.39 is 0 Å². The second-order valence-electron chi connectivity index (χ2n) is 7.96. The first kappa shape index (κ1) is 23.7. The number of aryl methyl sites for hydroxylation is 1. The van der Waals surface area contributed by atoms with Crippen molar-refractivity contribution in [2.24, 2.45) is 0 Å². The average molecular weight is 529 g/mol. The molecule has 6 nitrogen and oxygen atoms in total. The smallest absolute Gasteiger partial charge is 0.260 e. The fraction of sp³-hybridized carbons (Fsp3) is 0.192. The monoisotopic (exact) mass is 528 g/mol. The van der Waals surface area contributed by atoms with Crippen LogP contribution in [0.3, 0.4) is 0 Å². The fourth-order valence-electron chi connectivity index (χ4n) is 3.69. The van der Waals surface area contributed by atoms with Gasteiger partial charge in [-0.05, 0) is 65.6 Å². The zero-order chi connectivity index (χ0) is 24.4. The standard InChI is InChI=1S/C26H22Cl2N2O4S/c1-2-15-3-6-18(7-4-15)29-26-30-25(31)23(35-26)12-17-9-19(27)24(20(28)10-17)32-13-16-5-8-21-22(11-16)34-14-33-21/h3-12,26,29H,2,13-14H2,1H3,(H,30,31)/b23-12-/t26-/m1/s1. The van der Waals surface area contributed by atoms with Gasteiger partial charge in [-0.25, -0.2) is 0 Å². The number of hydrogen-bond donors (Lipinski definition) is 2. The summed E-state index contributed by atoms with van der Waals surface area (Å²) in [7, 11) is 0. The largest absolute Gasteiger partial charge is 0.486 e. The molecule has 1 fully saturated rings. The van der Waals surface area contributed by atoms with Gasteiger partial charge in [-0.1, -0.05) is 60.1 Å². The fourth-order valence-corrected chi connectivity index (χ4v) is 5.29. The number of thioether (sulfide) groups is 1. The van der Waals surface area contributed by atoms with Crippen LogP contribution in [0.1, 0.15) is 23.6 Å². The molecule has 35 heavy (non-hydrogen) atoms. The summed E-state index contributed by atoms with van der Waals surface area (Å²) in [6, 6.07) is 17.2. The molecule has 180 valence electrons. The van der Waals surface area contributed by atoms with Crippen molar-refractivity contribution in [1.82, 2.24) is 5.32 Å². The van der Waals surface area contributed by atoms with Gasteiger partial charge in [-0.3, -0.25) is 4.79 Å². The predicted molar refractivity (Wildman–Crippen MR) is 140 cm³/mol. The number of benzene rings is 3. The number of carbonyl (C=O) groups excluding carboxylic acids is 1. The summed E-state index contributed by atoms with van der Waals surface area (Å²) >= 11 is 14.3. The Bertz CT molecular complexity index is 1270. The van der Waals surface area contributed by atoms with E-state index in [1.165, 1.54) is 17.3 Å². The highest BCUT2D eigenvalue weighted by atomic mass is 35.5. The van der Waals surface area contributed by atoms with E-state index in [1.807, 2.05) is 30.3 Å². The number of hydrogen-bond acceptors (Lipinski definition) is 6. The summed E-state index contributed by atoms with van der Waals surface area (Å²) in [4.78, 5) is 13.1. The molecule has 1 saturated heterocycles. The zero-order valence-electron chi connectivity index (χ0n) is 18.8. The van der Waals surface area contributed by atoms with Crippen molar-refractivity contribution in [3.63, 3.8) is 0 Å². The van der Waals surface area contributed by atoms with Crippen molar-refractivity contribution in [3.05, 3.63) is 86.2 Å². The first-order valence-corrected chi connectivity index (χ1v) is 12.7. The molecule has 5 rings (SSSR count). The quantitative estimate of drug-likeness (QED) is 0.343. The lowest BCUT2D eigenvalue weighted by Gasteiger charge is -2.13. The van der Waals surface area contributed by atoms with E-state index in [4.69, 9.17) is 37.4 Å². The lowest BCUT2D eigenvalue weighted by atomic mass is 10.1. The number of carbonyl (C=O) groups is 1. The predicted octanol–water partition coefficient (Wildman–Crippen LogP) is 6.46. The van der Waals surface area contributed by atoms with Crippen molar-refractivity contribution in [1.29, 1.82) is 0 Å².